The predicted octanol–water partition coefficient (Wildman–Crippen LogP) is 3.88. The Labute approximate surface area is 125 Å². The van der Waals surface area contributed by atoms with Crippen LogP contribution >= 0.6 is 0 Å². The number of pyridine rings is 1. The van der Waals surface area contributed by atoms with Crippen LogP contribution in [-0.4, -0.2) is 30.2 Å². The highest BCUT2D eigenvalue weighted by molar-refractivity contribution is 5.40. The molecule has 0 bridgehead atoms. The van der Waals surface area contributed by atoms with E-state index in [1.165, 1.54) is 5.56 Å². The summed E-state index contributed by atoms with van der Waals surface area (Å²) in [4.78, 5) is 6.91. The fourth-order valence-corrected chi connectivity index (χ4v) is 2.33. The summed E-state index contributed by atoms with van der Waals surface area (Å²) in [6.45, 7) is 16.7. The first-order valence-electron chi connectivity index (χ1n) is 8.15. The lowest BCUT2D eigenvalue weighted by molar-refractivity contribution is 0.405. The monoisotopic (exact) mass is 279 g/mol. The summed E-state index contributed by atoms with van der Waals surface area (Å²) >= 11 is 0. The van der Waals surface area contributed by atoms with Crippen LogP contribution < -0.4 is 10.2 Å². The zero-order valence-corrected chi connectivity index (χ0v) is 14.4. The third-order valence-electron chi connectivity index (χ3n) is 3.10. The van der Waals surface area contributed by atoms with Gasteiger partial charge in [0, 0.05) is 31.4 Å². The largest absolute Gasteiger partial charge is 0.354 e. The van der Waals surface area contributed by atoms with Gasteiger partial charge >= 0.3 is 0 Å². The number of nitrogens with zero attached hydrogens (tertiary/aromatic N) is 2. The van der Waals surface area contributed by atoms with Gasteiger partial charge in [0.1, 0.15) is 5.82 Å². The Morgan fingerprint density at radius 1 is 1.10 bits per heavy atom. The molecule has 3 nitrogen and oxygen atoms in total. The van der Waals surface area contributed by atoms with Crippen molar-refractivity contribution in [1.82, 2.24) is 10.3 Å². The highest BCUT2D eigenvalue weighted by Crippen LogP contribution is 2.15. The van der Waals surface area contributed by atoms with Gasteiger partial charge in [-0.05, 0) is 31.9 Å². The van der Waals surface area contributed by atoms with E-state index in [2.05, 4.69) is 48.1 Å². The first-order valence-corrected chi connectivity index (χ1v) is 8.15. The van der Waals surface area contributed by atoms with Gasteiger partial charge in [0.05, 0.1) is 0 Å². The number of aromatic nitrogens is 1. The molecule has 2 rings (SSSR count). The molecule has 20 heavy (non-hydrogen) atoms. The normalized spacial score (nSPS) is 21.2. The van der Waals surface area contributed by atoms with E-state index in [1.807, 2.05) is 33.9 Å². The molecule has 1 aromatic heterocycles. The molecule has 1 aliphatic rings. The van der Waals surface area contributed by atoms with E-state index >= 15 is 0 Å². The Morgan fingerprint density at radius 2 is 1.65 bits per heavy atom. The SMILES string of the molecule is CC.CC.CCc1ccc(N2CC(C)NC(C)C2)nc1. The predicted molar refractivity (Wildman–Crippen MR) is 90.6 cm³/mol. The van der Waals surface area contributed by atoms with Crippen molar-refractivity contribution in [1.29, 1.82) is 0 Å². The molecule has 1 aromatic rings. The van der Waals surface area contributed by atoms with Crippen molar-refractivity contribution in [2.75, 3.05) is 18.0 Å². The average molecular weight is 279 g/mol. The number of hydrogen-bond donors (Lipinski definition) is 1. The highest BCUT2D eigenvalue weighted by atomic mass is 15.2. The quantitative estimate of drug-likeness (QED) is 0.890. The highest BCUT2D eigenvalue weighted by Gasteiger charge is 2.21. The van der Waals surface area contributed by atoms with Crippen molar-refractivity contribution >= 4 is 5.82 Å². The molecule has 1 N–H and O–H groups in total. The minimum absolute atomic E-state index is 0.538. The maximum atomic E-state index is 4.54. The van der Waals surface area contributed by atoms with Crippen molar-refractivity contribution in [3.8, 4) is 0 Å². The third kappa shape index (κ3) is 5.91. The number of nitrogens with one attached hydrogen (secondary N) is 1. The van der Waals surface area contributed by atoms with Crippen LogP contribution in [0.1, 0.15) is 54.0 Å². The lowest BCUT2D eigenvalue weighted by atomic mass is 10.1. The molecule has 1 aliphatic heterocycles. The van der Waals surface area contributed by atoms with Gasteiger partial charge in [0.15, 0.2) is 0 Å². The molecule has 3 heteroatoms. The Morgan fingerprint density at radius 3 is 2.05 bits per heavy atom. The topological polar surface area (TPSA) is 28.2 Å². The molecule has 2 atom stereocenters. The second-order valence-corrected chi connectivity index (χ2v) is 4.75. The van der Waals surface area contributed by atoms with Crippen molar-refractivity contribution in [3.63, 3.8) is 0 Å². The fourth-order valence-electron chi connectivity index (χ4n) is 2.33. The molecule has 2 heterocycles. The van der Waals surface area contributed by atoms with Crippen LogP contribution in [0.2, 0.25) is 0 Å². The summed E-state index contributed by atoms with van der Waals surface area (Å²) in [5, 5.41) is 3.53. The van der Waals surface area contributed by atoms with E-state index in [-0.39, 0.29) is 0 Å². The maximum Gasteiger partial charge on any atom is 0.128 e. The number of aryl methyl sites for hydroxylation is 1. The van der Waals surface area contributed by atoms with Gasteiger partial charge in [-0.3, -0.25) is 0 Å². The van der Waals surface area contributed by atoms with E-state index in [9.17, 15) is 0 Å². The van der Waals surface area contributed by atoms with Crippen LogP contribution in [0.5, 0.6) is 0 Å². The molecule has 0 aromatic carbocycles. The molecule has 0 spiro atoms. The smallest absolute Gasteiger partial charge is 0.128 e. The standard InChI is InChI=1S/C13H21N3.2C2H6/c1-4-12-5-6-13(14-7-12)16-8-10(2)15-11(3)9-16;2*1-2/h5-7,10-11,15H,4,8-9H2,1-3H3;2*1-2H3. The molecule has 0 aliphatic carbocycles. The fraction of sp³-hybridized carbons (Fsp3) is 0.706. The Balaban J connectivity index is 0.000000829. The number of anilines is 1. The molecule has 116 valence electrons. The number of rotatable bonds is 2. The van der Waals surface area contributed by atoms with Crippen LogP contribution in [0.3, 0.4) is 0 Å². The Kier molecular flexibility index (Phi) is 10.1. The average Bonchev–Trinajstić information content (AvgIpc) is 2.50. The van der Waals surface area contributed by atoms with Crippen LogP contribution in [0.4, 0.5) is 5.82 Å². The van der Waals surface area contributed by atoms with E-state index in [4.69, 9.17) is 0 Å². The maximum absolute atomic E-state index is 4.54. The lowest BCUT2D eigenvalue weighted by Gasteiger charge is -2.36. The first kappa shape index (κ1) is 18.9. The first-order chi connectivity index (χ1) is 9.69. The second kappa shape index (κ2) is 10.7. The van der Waals surface area contributed by atoms with Gasteiger partial charge in [0.25, 0.3) is 0 Å². The van der Waals surface area contributed by atoms with E-state index in [0.29, 0.717) is 12.1 Å². The van der Waals surface area contributed by atoms with Gasteiger partial charge in [-0.1, -0.05) is 40.7 Å². The Hall–Kier alpha value is -1.09. The minimum atomic E-state index is 0.538. The molecule has 0 amide bonds. The van der Waals surface area contributed by atoms with Gasteiger partial charge in [-0.15, -0.1) is 0 Å². The Bertz CT molecular complexity index is 325. The van der Waals surface area contributed by atoms with E-state index < -0.39 is 0 Å². The van der Waals surface area contributed by atoms with Gasteiger partial charge in [-0.2, -0.15) is 0 Å². The molecular weight excluding hydrogens is 246 g/mol. The number of hydrogen-bond acceptors (Lipinski definition) is 3. The summed E-state index contributed by atoms with van der Waals surface area (Å²) in [6, 6.07) is 5.40. The van der Waals surface area contributed by atoms with Crippen LogP contribution in [-0.2, 0) is 6.42 Å². The zero-order chi connectivity index (χ0) is 15.5. The molecule has 2 unspecified atom stereocenters. The van der Waals surface area contributed by atoms with Crippen molar-refractivity contribution in [2.45, 2.75) is 67.0 Å². The molecule has 0 radical (unpaired) electrons. The molecular formula is C17H33N3. The summed E-state index contributed by atoms with van der Waals surface area (Å²) in [6.07, 6.45) is 3.05. The summed E-state index contributed by atoms with van der Waals surface area (Å²) < 4.78 is 0. The van der Waals surface area contributed by atoms with E-state index in [1.54, 1.807) is 0 Å². The molecule has 1 fully saturated rings. The zero-order valence-electron chi connectivity index (χ0n) is 14.4. The van der Waals surface area contributed by atoms with Crippen molar-refractivity contribution in [3.05, 3.63) is 23.9 Å². The number of piperazine rings is 1. The molecule has 0 saturated carbocycles. The van der Waals surface area contributed by atoms with E-state index in [0.717, 1.165) is 25.3 Å². The lowest BCUT2D eigenvalue weighted by Crippen LogP contribution is -2.54. The summed E-state index contributed by atoms with van der Waals surface area (Å²) in [7, 11) is 0. The summed E-state index contributed by atoms with van der Waals surface area (Å²) in [5.41, 5.74) is 1.31. The third-order valence-corrected chi connectivity index (χ3v) is 3.10. The second-order valence-electron chi connectivity index (χ2n) is 4.75. The van der Waals surface area contributed by atoms with Crippen molar-refractivity contribution in [2.24, 2.45) is 0 Å². The molecule has 1 saturated heterocycles. The van der Waals surface area contributed by atoms with Crippen molar-refractivity contribution < 1.29 is 0 Å². The summed E-state index contributed by atoms with van der Waals surface area (Å²) in [5.74, 6) is 1.11. The van der Waals surface area contributed by atoms with Gasteiger partial charge in [0.2, 0.25) is 0 Å². The van der Waals surface area contributed by atoms with Gasteiger partial charge < -0.3 is 10.2 Å². The minimum Gasteiger partial charge on any atom is -0.354 e. The van der Waals surface area contributed by atoms with Crippen LogP contribution in [0, 0.1) is 0 Å². The van der Waals surface area contributed by atoms with Gasteiger partial charge in [-0.25, -0.2) is 4.98 Å². The van der Waals surface area contributed by atoms with Crippen LogP contribution in [0.25, 0.3) is 0 Å². The van der Waals surface area contributed by atoms with Crippen LogP contribution in [0.15, 0.2) is 18.3 Å².